The van der Waals surface area contributed by atoms with Crippen molar-refractivity contribution in [1.29, 1.82) is 0 Å². The van der Waals surface area contributed by atoms with Gasteiger partial charge < -0.3 is 19.5 Å². The molecule has 1 unspecified atom stereocenters. The molecule has 8 nitrogen and oxygen atoms in total. The maximum Gasteiger partial charge on any atom is 0.331 e. The van der Waals surface area contributed by atoms with Gasteiger partial charge in [-0.1, -0.05) is 54.6 Å². The Hall–Kier alpha value is -5.63. The highest BCUT2D eigenvalue weighted by atomic mass is 16.5. The predicted octanol–water partition coefficient (Wildman–Crippen LogP) is 6.80. The highest BCUT2D eigenvalue weighted by Gasteiger charge is 2.25. The number of nitrogens with one attached hydrogen (secondary N) is 1. The molecule has 4 aromatic carbocycles. The minimum Gasteiger partial charge on any atom is -0.497 e. The Bertz CT molecular complexity index is 1730. The monoisotopic (exact) mass is 573 g/mol. The van der Waals surface area contributed by atoms with Gasteiger partial charge in [0, 0.05) is 29.0 Å². The van der Waals surface area contributed by atoms with Gasteiger partial charge in [0.1, 0.15) is 11.5 Å². The third-order valence-electron chi connectivity index (χ3n) is 6.71. The molecule has 1 N–H and O–H groups in total. The van der Waals surface area contributed by atoms with Crippen molar-refractivity contribution < 1.29 is 23.8 Å². The summed E-state index contributed by atoms with van der Waals surface area (Å²) in [6.45, 7) is 1.91. The lowest BCUT2D eigenvalue weighted by molar-refractivity contribution is -0.149. The second-order valence-electron chi connectivity index (χ2n) is 9.70. The smallest absolute Gasteiger partial charge is 0.331 e. The summed E-state index contributed by atoms with van der Waals surface area (Å²) >= 11 is 0. The fraction of sp³-hybridized carbons (Fsp3) is 0.114. The van der Waals surface area contributed by atoms with E-state index in [1.165, 1.54) is 13.2 Å². The van der Waals surface area contributed by atoms with Crippen LogP contribution in [-0.2, 0) is 14.3 Å². The lowest BCUT2D eigenvalue weighted by atomic mass is 10.1. The quantitative estimate of drug-likeness (QED) is 0.146. The van der Waals surface area contributed by atoms with Crippen molar-refractivity contribution in [3.63, 3.8) is 0 Å². The molecule has 0 aliphatic rings. The van der Waals surface area contributed by atoms with Gasteiger partial charge in [0.05, 0.1) is 31.3 Å². The first-order valence-corrected chi connectivity index (χ1v) is 13.6. The Labute approximate surface area is 250 Å². The van der Waals surface area contributed by atoms with Crippen LogP contribution in [0.25, 0.3) is 23.0 Å². The first kappa shape index (κ1) is 28.9. The summed E-state index contributed by atoms with van der Waals surface area (Å²) < 4.78 is 18.2. The molecule has 1 atom stereocenters. The molecule has 0 spiro atoms. The molecule has 216 valence electrons. The number of amides is 1. The van der Waals surface area contributed by atoms with Crippen LogP contribution in [0.15, 0.2) is 115 Å². The minimum absolute atomic E-state index is 0.484. The Balaban J connectivity index is 1.42. The van der Waals surface area contributed by atoms with Gasteiger partial charge in [-0.15, -0.1) is 0 Å². The number of carbonyl (C=O) groups is 2. The fourth-order valence-electron chi connectivity index (χ4n) is 4.53. The summed E-state index contributed by atoms with van der Waals surface area (Å²) in [7, 11) is 3.14. The van der Waals surface area contributed by atoms with Crippen LogP contribution >= 0.6 is 0 Å². The van der Waals surface area contributed by atoms with Crippen molar-refractivity contribution in [3.05, 3.63) is 132 Å². The average molecular weight is 574 g/mol. The molecule has 5 aromatic rings. The first-order valence-electron chi connectivity index (χ1n) is 13.6. The zero-order chi connectivity index (χ0) is 30.2. The van der Waals surface area contributed by atoms with Crippen LogP contribution in [0.1, 0.15) is 22.8 Å². The van der Waals surface area contributed by atoms with Crippen molar-refractivity contribution in [2.24, 2.45) is 0 Å². The van der Waals surface area contributed by atoms with E-state index in [0.29, 0.717) is 28.3 Å². The maximum absolute atomic E-state index is 13.5. The number of hydrogen-bond acceptors (Lipinski definition) is 6. The molecule has 0 radical (unpaired) electrons. The third kappa shape index (κ3) is 7.00. The summed E-state index contributed by atoms with van der Waals surface area (Å²) in [5, 5.41) is 7.64. The molecule has 1 heterocycles. The van der Waals surface area contributed by atoms with E-state index in [9.17, 15) is 9.59 Å². The highest BCUT2D eigenvalue weighted by Crippen LogP contribution is 2.29. The van der Waals surface area contributed by atoms with E-state index >= 15 is 0 Å². The summed E-state index contributed by atoms with van der Waals surface area (Å²) in [6.07, 6.45) is 3.58. The van der Waals surface area contributed by atoms with Gasteiger partial charge >= 0.3 is 5.97 Å². The number of esters is 1. The van der Waals surface area contributed by atoms with Crippen LogP contribution in [0.5, 0.6) is 11.5 Å². The summed E-state index contributed by atoms with van der Waals surface area (Å²) in [6, 6.07) is 31.5. The molecular weight excluding hydrogens is 542 g/mol. The van der Waals surface area contributed by atoms with E-state index in [-0.39, 0.29) is 0 Å². The van der Waals surface area contributed by atoms with E-state index in [1.807, 2.05) is 79.9 Å². The van der Waals surface area contributed by atoms with Gasteiger partial charge in [0.25, 0.3) is 5.91 Å². The first-order chi connectivity index (χ1) is 20.9. The number of hydrogen-bond donors (Lipinski definition) is 1. The SMILES string of the molecule is COc1ccc(-c2nn(-c3ccccc3)cc2C=CC(=O)OC(C(=O)Nc2cc(C)ccc2OC)c2ccccc2)cc1. The highest BCUT2D eigenvalue weighted by molar-refractivity contribution is 5.98. The van der Waals surface area contributed by atoms with Crippen molar-refractivity contribution in [2.45, 2.75) is 13.0 Å². The number of benzene rings is 4. The lowest BCUT2D eigenvalue weighted by Gasteiger charge is -2.18. The predicted molar refractivity (Wildman–Crippen MR) is 166 cm³/mol. The summed E-state index contributed by atoms with van der Waals surface area (Å²) in [4.78, 5) is 26.6. The van der Waals surface area contributed by atoms with Crippen LogP contribution in [0.4, 0.5) is 5.69 Å². The van der Waals surface area contributed by atoms with Crippen molar-refractivity contribution in [2.75, 3.05) is 19.5 Å². The Morgan fingerprint density at radius 1 is 0.860 bits per heavy atom. The van der Waals surface area contributed by atoms with Gasteiger partial charge in [-0.05, 0) is 67.1 Å². The van der Waals surface area contributed by atoms with Gasteiger partial charge in [0.2, 0.25) is 6.10 Å². The van der Waals surface area contributed by atoms with E-state index in [2.05, 4.69) is 5.32 Å². The third-order valence-corrected chi connectivity index (χ3v) is 6.71. The standard InChI is InChI=1S/C35H31N3O5/c1-24-14-20-31(42-3)30(22-24)36-35(40)34(26-10-6-4-7-11-26)43-32(39)21-17-27-23-38(28-12-8-5-9-13-28)37-33(27)25-15-18-29(41-2)19-16-25/h4-23,34H,1-3H3,(H,36,40). The van der Waals surface area contributed by atoms with E-state index in [0.717, 1.165) is 22.6 Å². The number of methoxy groups -OCH3 is 2. The molecule has 0 saturated heterocycles. The van der Waals surface area contributed by atoms with Crippen LogP contribution in [0.3, 0.4) is 0 Å². The number of ether oxygens (including phenoxy) is 3. The fourth-order valence-corrected chi connectivity index (χ4v) is 4.53. The van der Waals surface area contributed by atoms with Gasteiger partial charge in [-0.25, -0.2) is 9.48 Å². The molecule has 0 fully saturated rings. The Morgan fingerprint density at radius 2 is 1.56 bits per heavy atom. The van der Waals surface area contributed by atoms with E-state index in [4.69, 9.17) is 19.3 Å². The van der Waals surface area contributed by atoms with E-state index < -0.39 is 18.0 Å². The maximum atomic E-state index is 13.5. The number of anilines is 1. The topological polar surface area (TPSA) is 91.7 Å². The summed E-state index contributed by atoms with van der Waals surface area (Å²) in [5.74, 6) is 0.0277. The molecule has 43 heavy (non-hydrogen) atoms. The Morgan fingerprint density at radius 3 is 2.23 bits per heavy atom. The second kappa shape index (κ2) is 13.4. The van der Waals surface area contributed by atoms with Crippen LogP contribution < -0.4 is 14.8 Å². The number of para-hydroxylation sites is 1. The molecule has 0 aliphatic carbocycles. The second-order valence-corrected chi connectivity index (χ2v) is 9.70. The summed E-state index contributed by atoms with van der Waals surface area (Å²) in [5.41, 5.74) is 5.03. The number of rotatable bonds is 10. The Kier molecular flexibility index (Phi) is 8.97. The van der Waals surface area contributed by atoms with Crippen LogP contribution in [0.2, 0.25) is 0 Å². The molecular formula is C35H31N3O5. The van der Waals surface area contributed by atoms with E-state index in [1.54, 1.807) is 54.3 Å². The molecule has 5 rings (SSSR count). The normalized spacial score (nSPS) is 11.6. The number of aryl methyl sites for hydroxylation is 1. The van der Waals surface area contributed by atoms with Crippen molar-refractivity contribution in [1.82, 2.24) is 9.78 Å². The van der Waals surface area contributed by atoms with Crippen LogP contribution in [0, 0.1) is 6.92 Å². The number of aromatic nitrogens is 2. The number of carbonyl (C=O) groups excluding carboxylic acids is 2. The van der Waals surface area contributed by atoms with Crippen LogP contribution in [-0.4, -0.2) is 35.9 Å². The average Bonchev–Trinajstić information content (AvgIpc) is 3.48. The van der Waals surface area contributed by atoms with Gasteiger partial charge in [-0.2, -0.15) is 5.10 Å². The molecule has 8 heteroatoms. The molecule has 1 aromatic heterocycles. The molecule has 1 amide bonds. The van der Waals surface area contributed by atoms with Crippen molar-refractivity contribution >= 4 is 23.6 Å². The minimum atomic E-state index is -1.20. The zero-order valence-corrected chi connectivity index (χ0v) is 24.1. The molecule has 0 saturated carbocycles. The molecule has 0 bridgehead atoms. The van der Waals surface area contributed by atoms with Gasteiger partial charge in [-0.3, -0.25) is 4.79 Å². The largest absolute Gasteiger partial charge is 0.497 e. The molecule has 0 aliphatic heterocycles. The van der Waals surface area contributed by atoms with Gasteiger partial charge in [0.15, 0.2) is 0 Å². The van der Waals surface area contributed by atoms with Crippen molar-refractivity contribution in [3.8, 4) is 28.4 Å². The lowest BCUT2D eigenvalue weighted by Crippen LogP contribution is -2.25. The zero-order valence-electron chi connectivity index (χ0n) is 24.1. The number of nitrogens with zero attached hydrogens (tertiary/aromatic N) is 2.